The third-order valence-corrected chi connectivity index (χ3v) is 3.40. The lowest BCUT2D eigenvalue weighted by Crippen LogP contribution is -2.09. The predicted octanol–water partition coefficient (Wildman–Crippen LogP) is 3.41. The van der Waals surface area contributed by atoms with E-state index in [2.05, 4.69) is 0 Å². The second kappa shape index (κ2) is 6.31. The Hall–Kier alpha value is -2.49. The fourth-order valence-corrected chi connectivity index (χ4v) is 2.30. The first-order chi connectivity index (χ1) is 10.1. The summed E-state index contributed by atoms with van der Waals surface area (Å²) >= 11 is 0. The van der Waals surface area contributed by atoms with Crippen LogP contribution in [0.25, 0.3) is 5.57 Å². The summed E-state index contributed by atoms with van der Waals surface area (Å²) < 4.78 is 10.4. The van der Waals surface area contributed by atoms with Crippen LogP contribution in [-0.2, 0) is 9.53 Å². The van der Waals surface area contributed by atoms with E-state index in [0.717, 1.165) is 28.9 Å². The lowest BCUT2D eigenvalue weighted by molar-refractivity contribution is -0.113. The molecule has 1 aliphatic carbocycles. The van der Waals surface area contributed by atoms with Crippen molar-refractivity contribution < 1.29 is 19.4 Å². The zero-order valence-corrected chi connectivity index (χ0v) is 12.3. The molecule has 0 heterocycles. The lowest BCUT2D eigenvalue weighted by Gasteiger charge is -2.17. The van der Waals surface area contributed by atoms with E-state index in [9.17, 15) is 9.90 Å². The van der Waals surface area contributed by atoms with Gasteiger partial charge in [0, 0.05) is 11.6 Å². The van der Waals surface area contributed by atoms with Gasteiger partial charge in [0.15, 0.2) is 5.76 Å². The molecule has 0 unspecified atom stereocenters. The smallest absolute Gasteiger partial charge is 0.223 e. The van der Waals surface area contributed by atoms with Crippen LogP contribution in [-0.4, -0.2) is 25.1 Å². The van der Waals surface area contributed by atoms with Crippen molar-refractivity contribution in [3.8, 4) is 5.75 Å². The summed E-state index contributed by atoms with van der Waals surface area (Å²) in [5.41, 5.74) is 2.71. The summed E-state index contributed by atoms with van der Waals surface area (Å²) in [7, 11) is 3.13. The molecule has 1 aromatic rings. The molecular weight excluding hydrogens is 268 g/mol. The van der Waals surface area contributed by atoms with Gasteiger partial charge in [-0.3, -0.25) is 4.79 Å². The summed E-state index contributed by atoms with van der Waals surface area (Å²) in [4.78, 5) is 11.5. The van der Waals surface area contributed by atoms with Crippen LogP contribution in [0.3, 0.4) is 0 Å². The second-order valence-electron chi connectivity index (χ2n) is 4.58. The van der Waals surface area contributed by atoms with Crippen molar-refractivity contribution in [1.29, 1.82) is 0 Å². The van der Waals surface area contributed by atoms with Crippen LogP contribution in [0.1, 0.15) is 18.9 Å². The molecular formula is C17H18O4. The molecule has 0 fully saturated rings. The average Bonchev–Trinajstić information content (AvgIpc) is 2.51. The quantitative estimate of drug-likeness (QED) is 0.921. The fraction of sp³-hybridized carbons (Fsp3) is 0.235. The molecule has 0 spiro atoms. The molecule has 0 amide bonds. The van der Waals surface area contributed by atoms with Gasteiger partial charge in [-0.05, 0) is 35.8 Å². The first-order valence-corrected chi connectivity index (χ1v) is 6.69. The number of benzene rings is 1. The van der Waals surface area contributed by atoms with Crippen molar-refractivity contribution >= 4 is 11.4 Å². The third-order valence-electron chi connectivity index (χ3n) is 3.40. The monoisotopic (exact) mass is 286 g/mol. The molecule has 1 aliphatic rings. The Morgan fingerprint density at radius 3 is 2.29 bits per heavy atom. The molecule has 4 heteroatoms. The zero-order valence-electron chi connectivity index (χ0n) is 12.3. The van der Waals surface area contributed by atoms with Gasteiger partial charge < -0.3 is 14.6 Å². The molecule has 1 N–H and O–H groups in total. The van der Waals surface area contributed by atoms with Crippen LogP contribution in [0.15, 0.2) is 53.5 Å². The van der Waals surface area contributed by atoms with Gasteiger partial charge in [0.05, 0.1) is 14.2 Å². The van der Waals surface area contributed by atoms with Crippen LogP contribution in [0.4, 0.5) is 0 Å². The molecule has 0 saturated heterocycles. The fourth-order valence-electron chi connectivity index (χ4n) is 2.30. The van der Waals surface area contributed by atoms with Crippen molar-refractivity contribution in [1.82, 2.24) is 0 Å². The number of aliphatic hydroxyl groups is 1. The molecule has 0 atom stereocenters. The number of ether oxygens (including phenoxy) is 2. The topological polar surface area (TPSA) is 55.8 Å². The second-order valence-corrected chi connectivity index (χ2v) is 4.58. The third kappa shape index (κ3) is 2.99. The Bertz CT molecular complexity index is 633. The highest BCUT2D eigenvalue weighted by atomic mass is 16.5. The predicted molar refractivity (Wildman–Crippen MR) is 81.0 cm³/mol. The minimum Gasteiger partial charge on any atom is -0.504 e. The van der Waals surface area contributed by atoms with Crippen LogP contribution in [0.2, 0.25) is 0 Å². The Kier molecular flexibility index (Phi) is 4.48. The van der Waals surface area contributed by atoms with Crippen LogP contribution < -0.4 is 4.74 Å². The summed E-state index contributed by atoms with van der Waals surface area (Å²) in [6.45, 7) is 2.02. The number of hydrogen-bond donors (Lipinski definition) is 1. The number of hydrogen-bond acceptors (Lipinski definition) is 4. The number of allylic oxidation sites excluding steroid dienone is 3. The van der Waals surface area contributed by atoms with Crippen molar-refractivity contribution in [3.05, 3.63) is 59.1 Å². The van der Waals surface area contributed by atoms with Crippen LogP contribution >= 0.6 is 0 Å². The first kappa shape index (κ1) is 14.9. The van der Waals surface area contributed by atoms with E-state index in [4.69, 9.17) is 9.47 Å². The van der Waals surface area contributed by atoms with Gasteiger partial charge in [0.2, 0.25) is 5.78 Å². The number of methoxy groups -OCH3 is 2. The highest BCUT2D eigenvalue weighted by molar-refractivity contribution is 6.05. The highest BCUT2D eigenvalue weighted by Crippen LogP contribution is 2.31. The van der Waals surface area contributed by atoms with E-state index in [0.29, 0.717) is 5.76 Å². The number of rotatable bonds is 4. The Morgan fingerprint density at radius 1 is 1.10 bits per heavy atom. The zero-order chi connectivity index (χ0) is 15.4. The van der Waals surface area contributed by atoms with Crippen molar-refractivity contribution in [3.63, 3.8) is 0 Å². The Morgan fingerprint density at radius 2 is 1.76 bits per heavy atom. The van der Waals surface area contributed by atoms with E-state index < -0.39 is 5.78 Å². The maximum Gasteiger partial charge on any atom is 0.223 e. The standard InChI is InChI=1S/C17H18O4/c1-4-13(11-5-7-12(20-2)8-6-11)14-9-15(18)16(19)10-17(14)21-3/h5-10,18H,4H2,1-3H3/b14-13-. The van der Waals surface area contributed by atoms with Gasteiger partial charge in [-0.15, -0.1) is 0 Å². The van der Waals surface area contributed by atoms with E-state index in [1.165, 1.54) is 19.3 Å². The Balaban J connectivity index is 2.55. The Labute approximate surface area is 124 Å². The van der Waals surface area contributed by atoms with Crippen molar-refractivity contribution in [2.75, 3.05) is 14.2 Å². The summed E-state index contributed by atoms with van der Waals surface area (Å²) in [5.74, 6) is 0.524. The average molecular weight is 286 g/mol. The molecule has 0 aliphatic heterocycles. The van der Waals surface area contributed by atoms with Gasteiger partial charge in [-0.2, -0.15) is 0 Å². The van der Waals surface area contributed by atoms with Gasteiger partial charge >= 0.3 is 0 Å². The molecule has 2 rings (SSSR count). The normalized spacial score (nSPS) is 17.0. The largest absolute Gasteiger partial charge is 0.504 e. The minimum atomic E-state index is -0.444. The summed E-state index contributed by atoms with van der Waals surface area (Å²) in [6, 6.07) is 7.64. The first-order valence-electron chi connectivity index (χ1n) is 6.69. The van der Waals surface area contributed by atoms with Gasteiger partial charge in [0.1, 0.15) is 11.5 Å². The van der Waals surface area contributed by atoms with Gasteiger partial charge in [0.25, 0.3) is 0 Å². The number of ketones is 1. The van der Waals surface area contributed by atoms with E-state index in [-0.39, 0.29) is 5.76 Å². The minimum absolute atomic E-state index is 0.273. The number of aliphatic hydroxyl groups excluding tert-OH is 1. The van der Waals surface area contributed by atoms with E-state index >= 15 is 0 Å². The molecule has 0 aromatic heterocycles. The molecule has 21 heavy (non-hydrogen) atoms. The lowest BCUT2D eigenvalue weighted by atomic mass is 9.93. The number of carbonyl (C=O) groups is 1. The molecule has 0 bridgehead atoms. The molecule has 1 aromatic carbocycles. The summed E-state index contributed by atoms with van der Waals surface area (Å²) in [5, 5.41) is 9.69. The van der Waals surface area contributed by atoms with Gasteiger partial charge in [-0.1, -0.05) is 19.1 Å². The molecule has 0 saturated carbocycles. The maximum absolute atomic E-state index is 11.5. The van der Waals surface area contributed by atoms with E-state index in [1.54, 1.807) is 7.11 Å². The maximum atomic E-state index is 11.5. The van der Waals surface area contributed by atoms with E-state index in [1.807, 2.05) is 31.2 Å². The molecule has 4 nitrogen and oxygen atoms in total. The van der Waals surface area contributed by atoms with Crippen molar-refractivity contribution in [2.24, 2.45) is 0 Å². The molecule has 110 valence electrons. The highest BCUT2D eigenvalue weighted by Gasteiger charge is 2.20. The van der Waals surface area contributed by atoms with Crippen LogP contribution in [0.5, 0.6) is 5.75 Å². The SMILES string of the molecule is CC/C(=C1\C=C(O)C(=O)C=C1OC)c1ccc(OC)cc1. The molecule has 0 radical (unpaired) electrons. The van der Waals surface area contributed by atoms with Gasteiger partial charge in [-0.25, -0.2) is 0 Å². The summed E-state index contributed by atoms with van der Waals surface area (Å²) in [6.07, 6.45) is 3.51. The number of carbonyl (C=O) groups excluding carboxylic acids is 1. The van der Waals surface area contributed by atoms with Crippen molar-refractivity contribution in [2.45, 2.75) is 13.3 Å². The van der Waals surface area contributed by atoms with Crippen LogP contribution in [0, 0.1) is 0 Å².